The van der Waals surface area contributed by atoms with E-state index in [-0.39, 0.29) is 108 Å². The van der Waals surface area contributed by atoms with Crippen LogP contribution in [0.4, 0.5) is 4.39 Å². The third kappa shape index (κ3) is 27.8. The van der Waals surface area contributed by atoms with E-state index in [1.54, 1.807) is 88.5 Å². The molecule has 4 heterocycles. The molecular weight excluding hydrogens is 1700 g/mol. The van der Waals surface area contributed by atoms with Gasteiger partial charge in [0.25, 0.3) is 0 Å². The quantitative estimate of drug-likeness (QED) is 0.0433. The van der Waals surface area contributed by atoms with Crippen LogP contribution in [0.1, 0.15) is 127 Å². The number of amides is 15. The summed E-state index contributed by atoms with van der Waals surface area (Å²) in [4.78, 5) is 246. The Morgan fingerprint density at radius 1 is 0.508 bits per heavy atom. The first-order chi connectivity index (χ1) is 61.9. The fourth-order valence-electron chi connectivity index (χ4n) is 16.4. The minimum atomic E-state index is -1.89. The molecule has 1 aromatic heterocycles. The molecule has 36 nitrogen and oxygen atoms in total. The second-order valence-electron chi connectivity index (χ2n) is 33.9. The molecule has 0 spiro atoms. The van der Waals surface area contributed by atoms with Crippen molar-refractivity contribution in [3.05, 3.63) is 167 Å². The number of benzene rings is 5. The molecule has 0 saturated carbocycles. The molecule has 3 fully saturated rings. The minimum absolute atomic E-state index is 0.0100. The first-order valence-corrected chi connectivity index (χ1v) is 44.9. The van der Waals surface area contributed by atoms with Crippen molar-refractivity contribution < 1.29 is 96.4 Å². The van der Waals surface area contributed by atoms with Crippen LogP contribution in [0, 0.1) is 17.7 Å². The second-order valence-corrected chi connectivity index (χ2v) is 34.9. The number of rotatable bonds is 23. The Morgan fingerprint density at radius 2 is 1.01 bits per heavy atom. The second kappa shape index (κ2) is 47.9. The Labute approximate surface area is 757 Å². The smallest absolute Gasteiger partial charge is 0.305 e. The van der Waals surface area contributed by atoms with Crippen LogP contribution in [0.25, 0.3) is 10.9 Å². The van der Waals surface area contributed by atoms with Gasteiger partial charge in [-0.3, -0.25) is 76.7 Å². The zero-order valence-electron chi connectivity index (χ0n) is 74.3. The van der Waals surface area contributed by atoms with Gasteiger partial charge in [-0.05, 0) is 134 Å². The molecule has 5 aromatic carbocycles. The van der Waals surface area contributed by atoms with Crippen molar-refractivity contribution in [2.75, 3.05) is 58.8 Å². The van der Waals surface area contributed by atoms with Crippen LogP contribution in [0.15, 0.2) is 134 Å². The van der Waals surface area contributed by atoms with Crippen molar-refractivity contribution in [3.8, 4) is 11.5 Å². The van der Waals surface area contributed by atoms with Crippen molar-refractivity contribution in [2.45, 2.75) is 209 Å². The number of carboxylic acids is 1. The van der Waals surface area contributed by atoms with Gasteiger partial charge in [0.1, 0.15) is 95.9 Å². The van der Waals surface area contributed by atoms with Crippen molar-refractivity contribution >= 4 is 117 Å². The lowest BCUT2D eigenvalue weighted by Crippen LogP contribution is -2.62. The largest absolute Gasteiger partial charge is 0.508 e. The summed E-state index contributed by atoms with van der Waals surface area (Å²) < 4.78 is 14.6. The number of thioether (sulfide) groups is 1. The minimum Gasteiger partial charge on any atom is -0.508 e. The number of nitrogens with zero attached hydrogens (tertiary/aromatic N) is 5. The zero-order chi connectivity index (χ0) is 94.7. The average molecular weight is 1820 g/mol. The van der Waals surface area contributed by atoms with Crippen molar-refractivity contribution in [2.24, 2.45) is 23.3 Å². The summed E-state index contributed by atoms with van der Waals surface area (Å²) in [6.45, 7) is 7.40. The van der Waals surface area contributed by atoms with E-state index in [9.17, 15) is 53.3 Å². The number of aromatic nitrogens is 1. The molecule has 3 aliphatic rings. The highest BCUT2D eigenvalue weighted by molar-refractivity contribution is 8.00. The Kier molecular flexibility index (Phi) is 37.1. The summed E-state index contributed by atoms with van der Waals surface area (Å²) in [5.41, 5.74) is 14.4. The van der Waals surface area contributed by atoms with E-state index in [0.29, 0.717) is 51.6 Å². The summed E-state index contributed by atoms with van der Waals surface area (Å²) in [7, 11) is 4.00. The number of aromatic amines is 1. The molecule has 9 rings (SSSR count). The van der Waals surface area contributed by atoms with Crippen molar-refractivity contribution in [3.63, 3.8) is 0 Å². The number of carboxylic acid groups (broad SMARTS) is 1. The fourth-order valence-corrected chi connectivity index (χ4v) is 17.3. The third-order valence-corrected chi connectivity index (χ3v) is 24.6. The van der Waals surface area contributed by atoms with Gasteiger partial charge in [0.05, 0.1) is 18.7 Å². The molecule has 38 heteroatoms. The van der Waals surface area contributed by atoms with E-state index in [4.69, 9.17) is 11.5 Å². The zero-order valence-corrected chi connectivity index (χ0v) is 75.1. The fraction of sp³-hybridized carbons (Fsp3) is 0.478. The number of primary amides is 1. The number of aromatic hydroxyl groups is 2. The van der Waals surface area contributed by atoms with Gasteiger partial charge < -0.3 is 104 Å². The molecular formula is C92H120FN17O19S. The number of carbonyl (C=O) groups is 16. The van der Waals surface area contributed by atoms with Crippen LogP contribution in [0.2, 0.25) is 0 Å². The maximum Gasteiger partial charge on any atom is 0.305 e. The summed E-state index contributed by atoms with van der Waals surface area (Å²) in [6.07, 6.45) is 0.614. The first-order valence-electron chi connectivity index (χ1n) is 43.7. The number of phenolic OH excluding ortho intramolecular Hbond substituents is 2. The summed E-state index contributed by atoms with van der Waals surface area (Å²) in [5, 5.41) is 55.8. The summed E-state index contributed by atoms with van der Waals surface area (Å²) in [6, 6.07) is 12.4. The lowest BCUT2D eigenvalue weighted by Gasteiger charge is -2.38. The first kappa shape index (κ1) is 101. The standard InChI is InChI=1S/C92H120FN17O19S/c1-9-10-24-73-91(128)110-41-18-26-72(110)86(123)102-67(47-77(115)116)84(121)105-78(52(2)3)92(129)108(8)79(53(4)5)87(124)103-69(44-57-31-37-61(112)38-32-57)89(126)109-40-17-25-71(109)85(122)101-66(46-58-48-96-63-22-15-14-21-62(58)63)83(120)100-65(42-56-29-35-60(111)36-30-56)82(119)99-64(23-16-39-94)81(118)104-70(80(117)97-49-75(95)113)50-130-51-76(114)98-68(43-55-27-33-59(93)34-28-55)88(125)107(7)74(90(127)106(73)6)45-54-19-12-11-13-20-54/h11-15,19-22,27-38,48,52-53,64-74,78-79,96,111-112H,9-10,16-18,23-26,39-47,49-51,94H2,1-8H3,(H2,95,113)(H,97,117)(H,98,114)(H,99,119)(H,100,120)(H,101,122)(H,102,123)(H,103,124)(H,104,118)(H,105,121)(H,115,116)/t64-,65-,66-,67-,68-,69-,70-,71+,72+,73-,74-,78-,79-/m0/s1. The van der Waals surface area contributed by atoms with E-state index < -0.39 is 215 Å². The van der Waals surface area contributed by atoms with Gasteiger partial charge in [0.15, 0.2) is 0 Å². The lowest BCUT2D eigenvalue weighted by atomic mass is 9.96. The molecule has 17 N–H and O–H groups in total. The Balaban J connectivity index is 1.12. The molecule has 0 bridgehead atoms. The average Bonchev–Trinajstić information content (AvgIpc) is 1.43. The number of fused-ring (bicyclic) bond motifs is 3. The van der Waals surface area contributed by atoms with E-state index in [0.717, 1.165) is 33.7 Å². The Hall–Kier alpha value is -13.0. The molecule has 0 aliphatic carbocycles. The normalized spacial score (nSPS) is 23.9. The van der Waals surface area contributed by atoms with Crippen LogP contribution in [0.5, 0.6) is 11.5 Å². The molecule has 0 unspecified atom stereocenters. The van der Waals surface area contributed by atoms with E-state index in [1.807, 2.05) is 6.92 Å². The third-order valence-electron chi connectivity index (χ3n) is 23.5. The summed E-state index contributed by atoms with van der Waals surface area (Å²) >= 11 is 0.777. The van der Waals surface area contributed by atoms with E-state index in [1.165, 1.54) is 96.5 Å². The number of hydrogen-bond donors (Lipinski definition) is 15. The van der Waals surface area contributed by atoms with Gasteiger partial charge in [-0.2, -0.15) is 0 Å². The predicted octanol–water partition coefficient (Wildman–Crippen LogP) is 1.64. The number of carbonyl (C=O) groups excluding carboxylic acids is 15. The maximum atomic E-state index is 15.7. The highest BCUT2D eigenvalue weighted by Gasteiger charge is 2.47. The molecule has 130 heavy (non-hydrogen) atoms. The molecule has 3 aliphatic heterocycles. The van der Waals surface area contributed by atoms with Gasteiger partial charge in [0.2, 0.25) is 88.6 Å². The number of phenols is 2. The molecule has 13 atom stereocenters. The number of nitrogens with one attached hydrogen (secondary N) is 10. The summed E-state index contributed by atoms with van der Waals surface area (Å²) in [5.74, 6) is -18.4. The Bertz CT molecular complexity index is 5010. The van der Waals surface area contributed by atoms with Crippen molar-refractivity contribution in [1.82, 2.24) is 77.3 Å². The maximum absolute atomic E-state index is 15.7. The van der Waals surface area contributed by atoms with Crippen LogP contribution < -0.4 is 59.3 Å². The van der Waals surface area contributed by atoms with Gasteiger partial charge in [-0.25, -0.2) is 4.39 Å². The number of likely N-dealkylation sites (N-methyl/N-ethyl adjacent to an activating group) is 3. The Morgan fingerprint density at radius 3 is 1.58 bits per heavy atom. The molecule has 700 valence electrons. The number of hydrogen-bond acceptors (Lipinski definition) is 20. The lowest BCUT2D eigenvalue weighted by molar-refractivity contribution is -0.152. The molecule has 0 radical (unpaired) electrons. The molecule has 6 aromatic rings. The number of aliphatic carboxylic acids is 1. The van der Waals surface area contributed by atoms with Gasteiger partial charge >= 0.3 is 5.97 Å². The topological polar surface area (TPSA) is 526 Å². The van der Waals surface area contributed by atoms with Crippen LogP contribution >= 0.6 is 11.8 Å². The number of nitrogens with two attached hydrogens (primary N) is 2. The monoisotopic (exact) mass is 1820 g/mol. The predicted molar refractivity (Wildman–Crippen MR) is 480 cm³/mol. The highest BCUT2D eigenvalue weighted by Crippen LogP contribution is 2.29. The number of unbranched alkanes of at least 4 members (excludes halogenated alkanes) is 1. The van der Waals surface area contributed by atoms with Crippen molar-refractivity contribution in [1.29, 1.82) is 0 Å². The van der Waals surface area contributed by atoms with Crippen LogP contribution in [-0.4, -0.2) is 277 Å². The van der Waals surface area contributed by atoms with Crippen LogP contribution in [0.3, 0.4) is 0 Å². The van der Waals surface area contributed by atoms with Gasteiger partial charge in [-0.15, -0.1) is 11.8 Å². The van der Waals surface area contributed by atoms with Crippen LogP contribution in [-0.2, 0) is 109 Å². The molecule has 3 saturated heterocycles. The van der Waals surface area contributed by atoms with Gasteiger partial charge in [-0.1, -0.05) is 132 Å². The highest BCUT2D eigenvalue weighted by atomic mass is 32.2. The van der Waals surface area contributed by atoms with Gasteiger partial charge in [0, 0.05) is 89.2 Å². The number of para-hydroxylation sites is 1. The SMILES string of the molecule is CCCC[C@H]1C(=O)N2CCC[C@@H]2C(=O)N[C@@H](CC(=O)O)C(=O)N[C@@H](C(C)C)C(=O)N(C)[C@@H](C(C)C)C(=O)N[C@@H](Cc2ccc(O)cc2)C(=O)N2CCC[C@@H]2C(=O)N[C@@H](Cc2c[nH]c3ccccc23)C(=O)N[C@@H](Cc2ccc(O)cc2)C(=O)N[C@@H](CCCN)C(=O)N[C@H](C(=O)NCC(N)=O)CSCC(=O)N[C@@H](Cc2ccc(F)cc2)C(=O)N(C)[C@@H](Cc2ccccc2)C(=O)N1C. The van der Waals surface area contributed by atoms with E-state index in [2.05, 4.69) is 52.8 Å². The molecule has 15 amide bonds. The van der Waals surface area contributed by atoms with E-state index >= 15 is 43.2 Å². The number of halogens is 1. The number of H-pyrrole nitrogens is 1.